The van der Waals surface area contributed by atoms with E-state index in [9.17, 15) is 0 Å². The standard InChI is InChI=1S/C10H15N3/c1-2-4-9(5-3-1)13-8-10-11-6-7-12-10/h1-2,6-7,9,13H,3-5,8H2,(H,11,12). The van der Waals surface area contributed by atoms with Crippen molar-refractivity contribution in [2.75, 3.05) is 0 Å². The lowest BCUT2D eigenvalue weighted by Gasteiger charge is -2.18. The molecule has 1 unspecified atom stereocenters. The van der Waals surface area contributed by atoms with Crippen LogP contribution in [0.1, 0.15) is 25.1 Å². The first kappa shape index (κ1) is 8.51. The second-order valence-electron chi connectivity index (χ2n) is 3.40. The van der Waals surface area contributed by atoms with Crippen LogP contribution < -0.4 is 5.32 Å². The lowest BCUT2D eigenvalue weighted by molar-refractivity contribution is 0.468. The van der Waals surface area contributed by atoms with E-state index >= 15 is 0 Å². The van der Waals surface area contributed by atoms with Crippen molar-refractivity contribution in [1.29, 1.82) is 0 Å². The lowest BCUT2D eigenvalue weighted by atomic mass is 10.0. The number of imidazole rings is 1. The van der Waals surface area contributed by atoms with Crippen LogP contribution in [0.4, 0.5) is 0 Å². The number of nitrogens with one attached hydrogen (secondary N) is 2. The summed E-state index contributed by atoms with van der Waals surface area (Å²) in [6.45, 7) is 0.853. The van der Waals surface area contributed by atoms with Gasteiger partial charge in [0.2, 0.25) is 0 Å². The van der Waals surface area contributed by atoms with Crippen LogP contribution in [0.5, 0.6) is 0 Å². The van der Waals surface area contributed by atoms with Gasteiger partial charge in [0.05, 0.1) is 6.54 Å². The zero-order chi connectivity index (χ0) is 8.93. The summed E-state index contributed by atoms with van der Waals surface area (Å²) in [5.41, 5.74) is 0. The number of aromatic nitrogens is 2. The summed E-state index contributed by atoms with van der Waals surface area (Å²) in [7, 11) is 0. The van der Waals surface area contributed by atoms with Crippen molar-refractivity contribution < 1.29 is 0 Å². The zero-order valence-electron chi connectivity index (χ0n) is 7.66. The maximum atomic E-state index is 4.16. The monoisotopic (exact) mass is 177 g/mol. The molecule has 2 N–H and O–H groups in total. The van der Waals surface area contributed by atoms with Crippen molar-refractivity contribution in [3.63, 3.8) is 0 Å². The van der Waals surface area contributed by atoms with E-state index in [4.69, 9.17) is 0 Å². The van der Waals surface area contributed by atoms with Gasteiger partial charge in [-0.25, -0.2) is 4.98 Å². The summed E-state index contributed by atoms with van der Waals surface area (Å²) >= 11 is 0. The molecule has 0 saturated heterocycles. The van der Waals surface area contributed by atoms with E-state index in [0.29, 0.717) is 6.04 Å². The third kappa shape index (κ3) is 2.42. The predicted octanol–water partition coefficient (Wildman–Crippen LogP) is 1.61. The van der Waals surface area contributed by atoms with Gasteiger partial charge in [-0.1, -0.05) is 12.2 Å². The molecule has 0 spiro atoms. The molecule has 0 amide bonds. The van der Waals surface area contributed by atoms with Gasteiger partial charge in [-0.3, -0.25) is 0 Å². The fourth-order valence-corrected chi connectivity index (χ4v) is 1.61. The molecule has 1 atom stereocenters. The van der Waals surface area contributed by atoms with Crippen LogP contribution in [0, 0.1) is 0 Å². The maximum absolute atomic E-state index is 4.16. The van der Waals surface area contributed by atoms with E-state index in [-0.39, 0.29) is 0 Å². The molecule has 0 fully saturated rings. The number of rotatable bonds is 3. The summed E-state index contributed by atoms with van der Waals surface area (Å²) in [5, 5.41) is 3.48. The SMILES string of the molecule is C1=CCC(NCc2ncc[nH]2)CC1. The Bertz CT molecular complexity index is 264. The molecule has 2 rings (SSSR count). The molecule has 13 heavy (non-hydrogen) atoms. The molecule has 1 heterocycles. The Morgan fingerprint density at radius 3 is 3.23 bits per heavy atom. The van der Waals surface area contributed by atoms with Crippen molar-refractivity contribution >= 4 is 0 Å². The molecule has 0 aliphatic heterocycles. The zero-order valence-corrected chi connectivity index (χ0v) is 7.66. The van der Waals surface area contributed by atoms with Gasteiger partial charge in [0, 0.05) is 18.4 Å². The van der Waals surface area contributed by atoms with Gasteiger partial charge >= 0.3 is 0 Å². The molecule has 0 aromatic carbocycles. The quantitative estimate of drug-likeness (QED) is 0.689. The average Bonchev–Trinajstić information content (AvgIpc) is 2.69. The molecular formula is C10H15N3. The van der Waals surface area contributed by atoms with Crippen molar-refractivity contribution in [2.45, 2.75) is 31.8 Å². The highest BCUT2D eigenvalue weighted by Gasteiger charge is 2.08. The summed E-state index contributed by atoms with van der Waals surface area (Å²) in [4.78, 5) is 7.25. The van der Waals surface area contributed by atoms with Crippen molar-refractivity contribution in [1.82, 2.24) is 15.3 Å². The highest BCUT2D eigenvalue weighted by atomic mass is 15.0. The smallest absolute Gasteiger partial charge is 0.120 e. The molecule has 70 valence electrons. The number of hydrogen-bond acceptors (Lipinski definition) is 2. The van der Waals surface area contributed by atoms with Gasteiger partial charge in [-0.15, -0.1) is 0 Å². The normalized spacial score (nSPS) is 22.0. The molecule has 1 aliphatic carbocycles. The van der Waals surface area contributed by atoms with Gasteiger partial charge < -0.3 is 10.3 Å². The highest BCUT2D eigenvalue weighted by Crippen LogP contribution is 2.10. The van der Waals surface area contributed by atoms with Crippen LogP contribution in [-0.4, -0.2) is 16.0 Å². The number of allylic oxidation sites excluding steroid dienone is 1. The minimum absolute atomic E-state index is 0.634. The lowest BCUT2D eigenvalue weighted by Crippen LogP contribution is -2.29. The second kappa shape index (κ2) is 4.23. The molecule has 3 heteroatoms. The molecule has 0 saturated carbocycles. The van der Waals surface area contributed by atoms with Crippen molar-refractivity contribution in [3.8, 4) is 0 Å². The molecule has 3 nitrogen and oxygen atoms in total. The first-order chi connectivity index (χ1) is 6.45. The fraction of sp³-hybridized carbons (Fsp3) is 0.500. The van der Waals surface area contributed by atoms with E-state index in [1.807, 2.05) is 6.20 Å². The molecule has 1 aromatic heterocycles. The second-order valence-corrected chi connectivity index (χ2v) is 3.40. The number of nitrogens with zero attached hydrogens (tertiary/aromatic N) is 1. The minimum Gasteiger partial charge on any atom is -0.348 e. The van der Waals surface area contributed by atoms with Crippen molar-refractivity contribution in [2.24, 2.45) is 0 Å². The molecular weight excluding hydrogens is 162 g/mol. The summed E-state index contributed by atoms with van der Waals surface area (Å²) in [6, 6.07) is 0.634. The Morgan fingerprint density at radius 2 is 2.54 bits per heavy atom. The van der Waals surface area contributed by atoms with Crippen LogP contribution in [0.25, 0.3) is 0 Å². The largest absolute Gasteiger partial charge is 0.348 e. The average molecular weight is 177 g/mol. The number of H-pyrrole nitrogens is 1. The van der Waals surface area contributed by atoms with Crippen molar-refractivity contribution in [3.05, 3.63) is 30.4 Å². The van der Waals surface area contributed by atoms with Crippen LogP contribution in [0.15, 0.2) is 24.5 Å². The van der Waals surface area contributed by atoms with E-state index < -0.39 is 0 Å². The highest BCUT2D eigenvalue weighted by molar-refractivity contribution is 4.94. The van der Waals surface area contributed by atoms with E-state index in [1.165, 1.54) is 12.8 Å². The van der Waals surface area contributed by atoms with Gasteiger partial charge in [-0.2, -0.15) is 0 Å². The predicted molar refractivity (Wildman–Crippen MR) is 52.2 cm³/mol. The van der Waals surface area contributed by atoms with E-state index in [1.54, 1.807) is 6.20 Å². The van der Waals surface area contributed by atoms with E-state index in [0.717, 1.165) is 18.8 Å². The van der Waals surface area contributed by atoms with Gasteiger partial charge in [0.25, 0.3) is 0 Å². The minimum atomic E-state index is 0.634. The summed E-state index contributed by atoms with van der Waals surface area (Å²) in [5.74, 6) is 1.02. The van der Waals surface area contributed by atoms with Crippen LogP contribution in [0.3, 0.4) is 0 Å². The Hall–Kier alpha value is -1.09. The maximum Gasteiger partial charge on any atom is 0.120 e. The van der Waals surface area contributed by atoms with Gasteiger partial charge in [-0.05, 0) is 19.3 Å². The Labute approximate surface area is 78.3 Å². The van der Waals surface area contributed by atoms with E-state index in [2.05, 4.69) is 27.4 Å². The fourth-order valence-electron chi connectivity index (χ4n) is 1.61. The van der Waals surface area contributed by atoms with Crippen LogP contribution >= 0.6 is 0 Å². The number of hydrogen-bond donors (Lipinski definition) is 2. The van der Waals surface area contributed by atoms with Crippen LogP contribution in [-0.2, 0) is 6.54 Å². The number of aromatic amines is 1. The third-order valence-corrected chi connectivity index (χ3v) is 2.38. The first-order valence-electron chi connectivity index (χ1n) is 4.82. The molecule has 1 aromatic rings. The topological polar surface area (TPSA) is 40.7 Å². The van der Waals surface area contributed by atoms with Gasteiger partial charge in [0.1, 0.15) is 5.82 Å². The first-order valence-corrected chi connectivity index (χ1v) is 4.82. The summed E-state index contributed by atoms with van der Waals surface area (Å²) in [6.07, 6.45) is 11.8. The third-order valence-electron chi connectivity index (χ3n) is 2.38. The van der Waals surface area contributed by atoms with Gasteiger partial charge in [0.15, 0.2) is 0 Å². The summed E-state index contributed by atoms with van der Waals surface area (Å²) < 4.78 is 0. The Kier molecular flexibility index (Phi) is 2.77. The molecule has 0 bridgehead atoms. The Morgan fingerprint density at radius 1 is 1.54 bits per heavy atom. The molecule has 1 aliphatic rings. The Balaban J connectivity index is 1.76. The molecule has 0 radical (unpaired) electrons. The van der Waals surface area contributed by atoms with Crippen LogP contribution in [0.2, 0.25) is 0 Å².